The number of nitrogens with one attached hydrogen (secondary N) is 2. The van der Waals surface area contributed by atoms with Crippen LogP contribution in [0, 0.1) is 5.82 Å². The molecule has 2 N–H and O–H groups in total. The number of aromatic amines is 2. The van der Waals surface area contributed by atoms with E-state index in [0.717, 1.165) is 49.9 Å². The molecule has 8 heteroatoms. The normalized spacial score (nSPS) is 11.3. The van der Waals surface area contributed by atoms with Crippen molar-refractivity contribution < 1.29 is 13.9 Å². The van der Waals surface area contributed by atoms with Gasteiger partial charge in [0.1, 0.15) is 23.0 Å². The number of hydrogen-bond acceptors (Lipinski definition) is 5. The third kappa shape index (κ3) is 3.65. The summed E-state index contributed by atoms with van der Waals surface area (Å²) < 4.78 is 24.8. The van der Waals surface area contributed by atoms with Gasteiger partial charge in [0.25, 0.3) is 0 Å². The molecule has 0 aliphatic carbocycles. The van der Waals surface area contributed by atoms with E-state index in [-0.39, 0.29) is 5.82 Å². The van der Waals surface area contributed by atoms with Crippen LogP contribution >= 0.6 is 0 Å². The molecular formula is C27H20FN5O2. The fourth-order valence-corrected chi connectivity index (χ4v) is 4.33. The van der Waals surface area contributed by atoms with Gasteiger partial charge in [-0.2, -0.15) is 5.10 Å². The standard InChI is InChI=1S/C27H20FN5O2/c1-34-19-6-16(5-18(28)9-19)23-13-30-14-26-21(23)10-25(31-26)27-22-8-15(3-4-24(22)32-33-27)17-7-20(35-2)12-29-11-17/h3-14,31H,1-2H3,(H,32,33). The summed E-state index contributed by atoms with van der Waals surface area (Å²) in [6, 6.07) is 14.7. The maximum absolute atomic E-state index is 14.2. The number of halogens is 1. The SMILES string of the molecule is COc1cncc(-c2ccc3[nH]nc(-c4cc5c(-c6cc(F)cc(OC)c6)cncc5[nH]4)c3c2)c1. The van der Waals surface area contributed by atoms with Crippen LogP contribution in [0.1, 0.15) is 0 Å². The highest BCUT2D eigenvalue weighted by Gasteiger charge is 2.15. The van der Waals surface area contributed by atoms with E-state index >= 15 is 0 Å². The number of hydrogen-bond donors (Lipinski definition) is 2. The van der Waals surface area contributed by atoms with Gasteiger partial charge in [0, 0.05) is 40.4 Å². The van der Waals surface area contributed by atoms with E-state index < -0.39 is 0 Å². The van der Waals surface area contributed by atoms with Crippen LogP contribution in [0.25, 0.3) is 55.4 Å². The summed E-state index contributed by atoms with van der Waals surface area (Å²) in [6.45, 7) is 0. The van der Waals surface area contributed by atoms with Gasteiger partial charge in [-0.05, 0) is 47.5 Å². The third-order valence-electron chi connectivity index (χ3n) is 6.06. The molecule has 6 aromatic rings. The van der Waals surface area contributed by atoms with Crippen molar-refractivity contribution in [1.29, 1.82) is 0 Å². The lowest BCUT2D eigenvalue weighted by Crippen LogP contribution is -1.88. The summed E-state index contributed by atoms with van der Waals surface area (Å²) in [5.74, 6) is 0.773. The first-order valence-electron chi connectivity index (χ1n) is 10.9. The van der Waals surface area contributed by atoms with Crippen LogP contribution in [0.3, 0.4) is 0 Å². The number of methoxy groups -OCH3 is 2. The molecule has 0 saturated heterocycles. The highest BCUT2D eigenvalue weighted by molar-refractivity contribution is 6.01. The lowest BCUT2D eigenvalue weighted by molar-refractivity contribution is 0.411. The van der Waals surface area contributed by atoms with Gasteiger partial charge in [0.2, 0.25) is 0 Å². The van der Waals surface area contributed by atoms with Gasteiger partial charge in [0.05, 0.1) is 43.3 Å². The Balaban J connectivity index is 1.48. The molecular weight excluding hydrogens is 445 g/mol. The highest BCUT2D eigenvalue weighted by Crippen LogP contribution is 2.36. The van der Waals surface area contributed by atoms with Gasteiger partial charge >= 0.3 is 0 Å². The molecule has 4 aromatic heterocycles. The van der Waals surface area contributed by atoms with E-state index in [1.165, 1.54) is 19.2 Å². The Bertz CT molecular complexity index is 1710. The lowest BCUT2D eigenvalue weighted by Gasteiger charge is -2.06. The summed E-state index contributed by atoms with van der Waals surface area (Å²) >= 11 is 0. The molecule has 0 fully saturated rings. The molecule has 35 heavy (non-hydrogen) atoms. The predicted octanol–water partition coefficient (Wildman–Crippen LogP) is 5.99. The van der Waals surface area contributed by atoms with E-state index in [2.05, 4.69) is 31.2 Å². The van der Waals surface area contributed by atoms with Gasteiger partial charge in [-0.3, -0.25) is 15.1 Å². The van der Waals surface area contributed by atoms with Crippen molar-refractivity contribution >= 4 is 21.8 Å². The van der Waals surface area contributed by atoms with Crippen LogP contribution < -0.4 is 9.47 Å². The van der Waals surface area contributed by atoms with Crippen molar-refractivity contribution in [1.82, 2.24) is 25.1 Å². The number of fused-ring (bicyclic) bond motifs is 2. The topological polar surface area (TPSA) is 88.7 Å². The second-order valence-electron chi connectivity index (χ2n) is 8.16. The van der Waals surface area contributed by atoms with E-state index in [9.17, 15) is 4.39 Å². The number of rotatable bonds is 5. The van der Waals surface area contributed by atoms with Crippen LogP contribution in [0.15, 0.2) is 73.3 Å². The molecule has 6 rings (SSSR count). The van der Waals surface area contributed by atoms with Crippen LogP contribution in [-0.4, -0.2) is 39.4 Å². The Morgan fingerprint density at radius 3 is 2.40 bits per heavy atom. The van der Waals surface area contributed by atoms with Gasteiger partial charge in [-0.25, -0.2) is 4.39 Å². The quantitative estimate of drug-likeness (QED) is 0.326. The fourth-order valence-electron chi connectivity index (χ4n) is 4.33. The average Bonchev–Trinajstić information content (AvgIpc) is 3.51. The molecule has 0 radical (unpaired) electrons. The third-order valence-corrected chi connectivity index (χ3v) is 6.06. The minimum Gasteiger partial charge on any atom is -0.497 e. The zero-order chi connectivity index (χ0) is 23.9. The Hall–Kier alpha value is -4.72. The van der Waals surface area contributed by atoms with Crippen LogP contribution in [0.2, 0.25) is 0 Å². The second kappa shape index (κ2) is 8.25. The Kier molecular flexibility index (Phi) is 4.92. The molecule has 0 unspecified atom stereocenters. The van der Waals surface area contributed by atoms with E-state index in [1.54, 1.807) is 38.0 Å². The van der Waals surface area contributed by atoms with Gasteiger partial charge in [-0.1, -0.05) is 6.07 Å². The minimum atomic E-state index is -0.370. The maximum Gasteiger partial charge on any atom is 0.137 e. The number of H-pyrrole nitrogens is 2. The average molecular weight is 465 g/mol. The van der Waals surface area contributed by atoms with Crippen molar-refractivity contribution in [3.63, 3.8) is 0 Å². The smallest absolute Gasteiger partial charge is 0.137 e. The van der Waals surface area contributed by atoms with Crippen LogP contribution in [0.4, 0.5) is 4.39 Å². The Morgan fingerprint density at radius 1 is 0.714 bits per heavy atom. The number of benzene rings is 2. The largest absolute Gasteiger partial charge is 0.497 e. The van der Waals surface area contributed by atoms with Gasteiger partial charge < -0.3 is 14.5 Å². The number of aromatic nitrogens is 5. The van der Waals surface area contributed by atoms with Gasteiger partial charge in [-0.15, -0.1) is 0 Å². The van der Waals surface area contributed by atoms with Crippen LogP contribution in [-0.2, 0) is 0 Å². The minimum absolute atomic E-state index is 0.370. The summed E-state index contributed by atoms with van der Waals surface area (Å²) in [7, 11) is 3.14. The van der Waals surface area contributed by atoms with E-state index in [1.807, 2.05) is 24.3 Å². The van der Waals surface area contributed by atoms with Crippen molar-refractivity contribution in [3.8, 4) is 45.1 Å². The zero-order valence-electron chi connectivity index (χ0n) is 19.0. The summed E-state index contributed by atoms with van der Waals surface area (Å²) in [5, 5.41) is 9.55. The monoisotopic (exact) mass is 465 g/mol. The molecule has 0 aliphatic heterocycles. The first kappa shape index (κ1) is 20.9. The zero-order valence-corrected chi connectivity index (χ0v) is 19.0. The summed E-state index contributed by atoms with van der Waals surface area (Å²) in [4.78, 5) is 12.0. The van der Waals surface area contributed by atoms with Crippen molar-refractivity contribution in [3.05, 3.63) is 79.1 Å². The number of pyridine rings is 2. The van der Waals surface area contributed by atoms with Crippen molar-refractivity contribution in [2.75, 3.05) is 14.2 Å². The first-order valence-corrected chi connectivity index (χ1v) is 10.9. The van der Waals surface area contributed by atoms with E-state index in [0.29, 0.717) is 17.1 Å². The number of ether oxygens (including phenoxy) is 2. The molecule has 2 aromatic carbocycles. The summed E-state index contributed by atoms with van der Waals surface area (Å²) in [6.07, 6.45) is 6.96. The van der Waals surface area contributed by atoms with Crippen LogP contribution in [0.5, 0.6) is 11.5 Å². The van der Waals surface area contributed by atoms with Crippen molar-refractivity contribution in [2.45, 2.75) is 0 Å². The molecule has 4 heterocycles. The highest BCUT2D eigenvalue weighted by atomic mass is 19.1. The molecule has 0 bridgehead atoms. The fraction of sp³-hybridized carbons (Fsp3) is 0.0741. The number of nitrogens with zero attached hydrogens (tertiary/aromatic N) is 3. The summed E-state index contributed by atoms with van der Waals surface area (Å²) in [5.41, 5.74) is 6.76. The Morgan fingerprint density at radius 2 is 1.54 bits per heavy atom. The predicted molar refractivity (Wildman–Crippen MR) is 133 cm³/mol. The molecule has 0 aliphatic rings. The second-order valence-corrected chi connectivity index (χ2v) is 8.16. The molecule has 0 spiro atoms. The maximum atomic E-state index is 14.2. The molecule has 172 valence electrons. The molecule has 0 atom stereocenters. The lowest BCUT2D eigenvalue weighted by atomic mass is 10.0. The molecule has 0 amide bonds. The Labute approximate surface area is 199 Å². The first-order chi connectivity index (χ1) is 17.1. The van der Waals surface area contributed by atoms with Gasteiger partial charge in [0.15, 0.2) is 0 Å². The van der Waals surface area contributed by atoms with E-state index in [4.69, 9.17) is 9.47 Å². The molecule has 0 saturated carbocycles. The van der Waals surface area contributed by atoms with Crippen molar-refractivity contribution in [2.24, 2.45) is 0 Å². The molecule has 7 nitrogen and oxygen atoms in total.